The molecule has 0 saturated heterocycles. The summed E-state index contributed by atoms with van der Waals surface area (Å²) >= 11 is 0. The Kier molecular flexibility index (Phi) is 3.74. The second-order valence-electron chi connectivity index (χ2n) is 7.93. The van der Waals surface area contributed by atoms with E-state index in [4.69, 9.17) is 4.98 Å². The Morgan fingerprint density at radius 3 is 2.58 bits per heavy atom. The number of fused-ring (bicyclic) bond motifs is 1. The zero-order valence-electron chi connectivity index (χ0n) is 14.7. The van der Waals surface area contributed by atoms with Crippen molar-refractivity contribution in [3.63, 3.8) is 0 Å². The number of aryl methyl sites for hydroxylation is 1. The molecule has 128 valence electrons. The average molecular weight is 326 g/mol. The molecule has 1 N–H and O–H groups in total. The normalized spacial score (nSPS) is 21.8. The van der Waals surface area contributed by atoms with Crippen LogP contribution in [0, 0.1) is 12.3 Å². The molecule has 0 bridgehead atoms. The first-order valence-electron chi connectivity index (χ1n) is 9.39. The molecule has 1 aromatic heterocycles. The summed E-state index contributed by atoms with van der Waals surface area (Å²) in [6.07, 6.45) is 8.50. The van der Waals surface area contributed by atoms with Gasteiger partial charge in [-0.05, 0) is 62.8 Å². The first-order valence-corrected chi connectivity index (χ1v) is 9.39. The van der Waals surface area contributed by atoms with E-state index in [1.54, 1.807) is 0 Å². The van der Waals surface area contributed by atoms with Crippen LogP contribution in [0.2, 0.25) is 0 Å². The fraction of sp³-hybridized carbons (Fsp3) is 0.650. The first-order chi connectivity index (χ1) is 11.5. The maximum Gasteiger partial charge on any atom is 0.253 e. The molecule has 1 amide bonds. The Morgan fingerprint density at radius 2 is 1.96 bits per heavy atom. The van der Waals surface area contributed by atoms with Crippen molar-refractivity contribution in [3.05, 3.63) is 28.1 Å². The van der Waals surface area contributed by atoms with Gasteiger partial charge in [0, 0.05) is 18.5 Å². The number of Topliss-reactive ketones (excluding diaryl/α,β-unsaturated/α-hetero) is 1. The molecule has 2 fully saturated rings. The lowest BCUT2D eigenvalue weighted by atomic mass is 9.70. The van der Waals surface area contributed by atoms with Gasteiger partial charge in [0.25, 0.3) is 5.91 Å². The number of amides is 1. The number of hydrogen-bond acceptors (Lipinski definition) is 3. The van der Waals surface area contributed by atoms with Crippen molar-refractivity contribution in [2.45, 2.75) is 71.1 Å². The molecule has 2 saturated carbocycles. The topological polar surface area (TPSA) is 59.1 Å². The summed E-state index contributed by atoms with van der Waals surface area (Å²) < 4.78 is 0. The molecule has 1 aromatic rings. The van der Waals surface area contributed by atoms with Gasteiger partial charge in [0.2, 0.25) is 0 Å². The highest BCUT2D eigenvalue weighted by atomic mass is 16.1. The van der Waals surface area contributed by atoms with Crippen LogP contribution in [-0.2, 0) is 6.42 Å². The number of nitrogens with zero attached hydrogens (tertiary/aromatic N) is 1. The third-order valence-electron chi connectivity index (χ3n) is 6.06. The summed E-state index contributed by atoms with van der Waals surface area (Å²) in [5.74, 6) is 0.541. The maximum atomic E-state index is 13.1. The Balaban J connectivity index is 1.85. The highest BCUT2D eigenvalue weighted by Crippen LogP contribution is 2.51. The third-order valence-corrected chi connectivity index (χ3v) is 6.06. The molecule has 0 unspecified atom stereocenters. The van der Waals surface area contributed by atoms with E-state index >= 15 is 0 Å². The van der Waals surface area contributed by atoms with Crippen molar-refractivity contribution in [1.29, 1.82) is 0 Å². The third kappa shape index (κ3) is 2.47. The fourth-order valence-electron chi connectivity index (χ4n) is 4.87. The molecule has 0 aliphatic heterocycles. The Morgan fingerprint density at radius 1 is 1.25 bits per heavy atom. The van der Waals surface area contributed by atoms with E-state index in [9.17, 15) is 9.59 Å². The van der Waals surface area contributed by atoms with Gasteiger partial charge in [0.1, 0.15) is 0 Å². The van der Waals surface area contributed by atoms with Crippen molar-refractivity contribution in [2.24, 2.45) is 5.41 Å². The number of carbonyl (C=O) groups excluding carboxylic acids is 2. The van der Waals surface area contributed by atoms with Gasteiger partial charge in [0.15, 0.2) is 5.78 Å². The molecular formula is C20H26N2O2. The Bertz CT molecular complexity index is 713. The molecular weight excluding hydrogens is 300 g/mol. The van der Waals surface area contributed by atoms with Gasteiger partial charge in [-0.25, -0.2) is 0 Å². The van der Waals surface area contributed by atoms with Crippen molar-refractivity contribution in [2.75, 3.05) is 6.54 Å². The zero-order valence-corrected chi connectivity index (χ0v) is 14.7. The fourth-order valence-corrected chi connectivity index (χ4v) is 4.87. The van der Waals surface area contributed by atoms with Crippen LogP contribution < -0.4 is 5.32 Å². The summed E-state index contributed by atoms with van der Waals surface area (Å²) in [6.45, 7) is 4.44. The number of aromatic nitrogens is 1. The summed E-state index contributed by atoms with van der Waals surface area (Å²) in [5, 5.41) is 2.91. The van der Waals surface area contributed by atoms with Crippen LogP contribution in [0.5, 0.6) is 0 Å². The lowest BCUT2D eigenvalue weighted by Crippen LogP contribution is -2.34. The Labute approximate surface area is 143 Å². The summed E-state index contributed by atoms with van der Waals surface area (Å²) in [7, 11) is 0. The second-order valence-corrected chi connectivity index (χ2v) is 7.93. The predicted octanol–water partition coefficient (Wildman–Crippen LogP) is 3.71. The number of carbonyl (C=O) groups is 2. The molecule has 1 spiro atoms. The molecule has 24 heavy (non-hydrogen) atoms. The van der Waals surface area contributed by atoms with Crippen LogP contribution in [-0.4, -0.2) is 23.2 Å². The minimum atomic E-state index is -0.0684. The summed E-state index contributed by atoms with van der Waals surface area (Å²) in [4.78, 5) is 30.4. The van der Waals surface area contributed by atoms with Crippen LogP contribution in [0.25, 0.3) is 0 Å². The Hall–Kier alpha value is -1.71. The standard InChI is InChI=1S/C20H26N2O2/c1-3-21-19(24)16-12(2)22-14-10-20(8-4-5-9-20)11-15(23)18(14)17(16)13-6-7-13/h13H,3-11H2,1-2H3,(H,21,24). The SMILES string of the molecule is CCNC(=O)c1c(C)nc2c(c1C1CC1)C(=O)CC1(CCCC1)C2. The molecule has 3 aliphatic rings. The highest BCUT2D eigenvalue weighted by Gasteiger charge is 2.45. The molecule has 0 aromatic carbocycles. The van der Waals surface area contributed by atoms with E-state index in [1.807, 2.05) is 13.8 Å². The molecule has 4 nitrogen and oxygen atoms in total. The van der Waals surface area contributed by atoms with Gasteiger partial charge in [0.05, 0.1) is 17.0 Å². The van der Waals surface area contributed by atoms with Gasteiger partial charge in [-0.15, -0.1) is 0 Å². The van der Waals surface area contributed by atoms with Gasteiger partial charge >= 0.3 is 0 Å². The van der Waals surface area contributed by atoms with Crippen molar-refractivity contribution >= 4 is 11.7 Å². The van der Waals surface area contributed by atoms with Crippen LogP contribution in [0.4, 0.5) is 0 Å². The summed E-state index contributed by atoms with van der Waals surface area (Å²) in [6, 6.07) is 0. The second kappa shape index (κ2) is 5.68. The molecule has 3 aliphatic carbocycles. The van der Waals surface area contributed by atoms with Crippen molar-refractivity contribution in [3.8, 4) is 0 Å². The van der Waals surface area contributed by atoms with Crippen LogP contribution >= 0.6 is 0 Å². The smallest absolute Gasteiger partial charge is 0.253 e. The van der Waals surface area contributed by atoms with E-state index < -0.39 is 0 Å². The van der Waals surface area contributed by atoms with Gasteiger partial charge in [-0.2, -0.15) is 0 Å². The van der Waals surface area contributed by atoms with E-state index in [-0.39, 0.29) is 17.1 Å². The molecule has 4 heteroatoms. The van der Waals surface area contributed by atoms with Crippen LogP contribution in [0.3, 0.4) is 0 Å². The minimum absolute atomic E-state index is 0.0684. The van der Waals surface area contributed by atoms with E-state index in [0.717, 1.165) is 54.6 Å². The van der Waals surface area contributed by atoms with E-state index in [0.29, 0.717) is 24.4 Å². The lowest BCUT2D eigenvalue weighted by molar-refractivity contribution is 0.0884. The summed E-state index contributed by atoms with van der Waals surface area (Å²) in [5.41, 5.74) is 4.42. The quantitative estimate of drug-likeness (QED) is 0.921. The average Bonchev–Trinajstić information content (AvgIpc) is 3.27. The molecule has 1 heterocycles. The highest BCUT2D eigenvalue weighted by molar-refractivity contribution is 6.05. The molecule has 0 radical (unpaired) electrons. The lowest BCUT2D eigenvalue weighted by Gasteiger charge is -2.34. The van der Waals surface area contributed by atoms with E-state index in [1.165, 1.54) is 12.8 Å². The van der Waals surface area contributed by atoms with Crippen molar-refractivity contribution in [1.82, 2.24) is 10.3 Å². The number of nitrogens with one attached hydrogen (secondary N) is 1. The minimum Gasteiger partial charge on any atom is -0.352 e. The predicted molar refractivity (Wildman–Crippen MR) is 92.5 cm³/mol. The van der Waals surface area contributed by atoms with E-state index in [2.05, 4.69) is 5.32 Å². The van der Waals surface area contributed by atoms with Gasteiger partial charge < -0.3 is 5.32 Å². The first kappa shape index (κ1) is 15.8. The van der Waals surface area contributed by atoms with Gasteiger partial charge in [-0.3, -0.25) is 14.6 Å². The maximum absolute atomic E-state index is 13.1. The number of ketones is 1. The molecule has 0 atom stereocenters. The monoisotopic (exact) mass is 326 g/mol. The number of pyridine rings is 1. The molecule has 4 rings (SSSR count). The van der Waals surface area contributed by atoms with Crippen LogP contribution in [0.15, 0.2) is 0 Å². The van der Waals surface area contributed by atoms with Gasteiger partial charge in [-0.1, -0.05) is 12.8 Å². The number of hydrogen-bond donors (Lipinski definition) is 1. The zero-order chi connectivity index (χ0) is 16.9. The number of rotatable bonds is 3. The largest absolute Gasteiger partial charge is 0.352 e. The van der Waals surface area contributed by atoms with Crippen LogP contribution in [0.1, 0.15) is 95.5 Å². The van der Waals surface area contributed by atoms with Crippen molar-refractivity contribution < 1.29 is 9.59 Å².